The van der Waals surface area contributed by atoms with E-state index in [4.69, 9.17) is 16.3 Å². The third-order valence-corrected chi connectivity index (χ3v) is 8.01. The van der Waals surface area contributed by atoms with Crippen LogP contribution < -0.4 is 5.32 Å². The monoisotopic (exact) mass is 480 g/mol. The summed E-state index contributed by atoms with van der Waals surface area (Å²) in [6, 6.07) is 8.12. The molecule has 4 aliphatic heterocycles. The fourth-order valence-corrected chi connectivity index (χ4v) is 5.65. The van der Waals surface area contributed by atoms with Gasteiger partial charge in [0.25, 0.3) is 0 Å². The number of hydrogen-bond acceptors (Lipinski definition) is 5. The second kappa shape index (κ2) is 9.40. The molecule has 1 atom stereocenters. The van der Waals surface area contributed by atoms with Crippen LogP contribution in [0, 0.1) is 11.8 Å². The molecule has 7 heteroatoms. The molecule has 5 aliphatic rings. The number of fused-ring (bicyclic) bond motifs is 1. The van der Waals surface area contributed by atoms with E-state index < -0.39 is 0 Å². The lowest BCUT2D eigenvalue weighted by molar-refractivity contribution is -0.140. The molecule has 34 heavy (non-hydrogen) atoms. The van der Waals surface area contributed by atoms with Crippen LogP contribution in [-0.4, -0.2) is 72.7 Å². The molecule has 180 valence electrons. The molecule has 0 aromatic heterocycles. The molecule has 6 nitrogen and oxygen atoms in total. The van der Waals surface area contributed by atoms with Crippen molar-refractivity contribution in [1.29, 1.82) is 0 Å². The summed E-state index contributed by atoms with van der Waals surface area (Å²) in [4.78, 5) is 20.0. The van der Waals surface area contributed by atoms with E-state index >= 15 is 0 Å². The standard InChI is InChI=1S/C27H33ClN4O2/c28-23-6-3-20(4-7-23)26-24(32-17-22(19-1-2-19)5-8-25(32)29-26)18-30-11-13-31(14-12-30)27(33)21-9-15-34-16-10-21/h3-8,17,19,21,25,29H,1-2,9-16,18H2. The van der Waals surface area contributed by atoms with Gasteiger partial charge in [0.05, 0.1) is 11.4 Å². The fraction of sp³-hybridized carbons (Fsp3) is 0.519. The summed E-state index contributed by atoms with van der Waals surface area (Å²) >= 11 is 6.17. The zero-order chi connectivity index (χ0) is 23.1. The van der Waals surface area contributed by atoms with Gasteiger partial charge in [0, 0.05) is 63.1 Å². The van der Waals surface area contributed by atoms with Crippen LogP contribution in [0.15, 0.2) is 53.9 Å². The van der Waals surface area contributed by atoms with Crippen molar-refractivity contribution in [1.82, 2.24) is 20.0 Å². The Bertz CT molecular complexity index is 1020. The molecule has 2 saturated heterocycles. The quantitative estimate of drug-likeness (QED) is 0.696. The largest absolute Gasteiger partial charge is 0.381 e. The topological polar surface area (TPSA) is 48.1 Å². The molecule has 1 amide bonds. The molecule has 1 aromatic carbocycles. The number of carbonyl (C=O) groups excluding carboxylic acids is 1. The van der Waals surface area contributed by atoms with Crippen LogP contribution in [0.1, 0.15) is 31.2 Å². The van der Waals surface area contributed by atoms with Gasteiger partial charge >= 0.3 is 0 Å². The molecule has 0 spiro atoms. The molecule has 3 fully saturated rings. The van der Waals surface area contributed by atoms with Gasteiger partial charge in [-0.3, -0.25) is 9.69 Å². The Morgan fingerprint density at radius 1 is 1.03 bits per heavy atom. The van der Waals surface area contributed by atoms with Crippen LogP contribution in [0.4, 0.5) is 0 Å². The van der Waals surface area contributed by atoms with Gasteiger partial charge in [-0.15, -0.1) is 0 Å². The highest BCUT2D eigenvalue weighted by atomic mass is 35.5. The van der Waals surface area contributed by atoms with Gasteiger partial charge in [-0.2, -0.15) is 0 Å². The summed E-state index contributed by atoms with van der Waals surface area (Å²) in [6.45, 7) is 5.71. The number of rotatable bonds is 5. The Morgan fingerprint density at radius 3 is 2.47 bits per heavy atom. The number of benzene rings is 1. The number of nitrogens with zero attached hydrogens (tertiary/aromatic N) is 3. The molecule has 1 saturated carbocycles. The zero-order valence-electron chi connectivity index (χ0n) is 19.6. The van der Waals surface area contributed by atoms with Crippen LogP contribution in [0.3, 0.4) is 0 Å². The van der Waals surface area contributed by atoms with E-state index in [1.54, 1.807) is 0 Å². The highest BCUT2D eigenvalue weighted by Gasteiger charge is 2.36. The maximum atomic E-state index is 13.0. The minimum Gasteiger partial charge on any atom is -0.381 e. The first kappa shape index (κ1) is 22.2. The van der Waals surface area contributed by atoms with Gasteiger partial charge in [0.1, 0.15) is 6.17 Å². The van der Waals surface area contributed by atoms with E-state index in [2.05, 4.69) is 50.5 Å². The Balaban J connectivity index is 1.19. The summed E-state index contributed by atoms with van der Waals surface area (Å²) in [5, 5.41) is 4.50. The fourth-order valence-electron chi connectivity index (χ4n) is 5.53. The summed E-state index contributed by atoms with van der Waals surface area (Å²) in [6.07, 6.45) is 11.4. The summed E-state index contributed by atoms with van der Waals surface area (Å²) in [7, 11) is 0. The first-order chi connectivity index (χ1) is 16.7. The summed E-state index contributed by atoms with van der Waals surface area (Å²) < 4.78 is 5.44. The molecule has 1 aliphatic carbocycles. The zero-order valence-corrected chi connectivity index (χ0v) is 20.3. The third-order valence-electron chi connectivity index (χ3n) is 7.76. The van der Waals surface area contributed by atoms with Crippen molar-refractivity contribution in [2.75, 3.05) is 45.9 Å². The predicted octanol–water partition coefficient (Wildman–Crippen LogP) is 3.67. The Kier molecular flexibility index (Phi) is 6.14. The minimum absolute atomic E-state index is 0.144. The van der Waals surface area contributed by atoms with E-state index in [0.717, 1.165) is 62.1 Å². The SMILES string of the molecule is O=C(C1CCOCC1)N1CCN(CC2=C(c3ccc(Cl)cc3)NC3C=CC(C4CC4)=CN23)CC1. The maximum Gasteiger partial charge on any atom is 0.225 e. The number of allylic oxidation sites excluding steroid dienone is 2. The van der Waals surface area contributed by atoms with Gasteiger partial charge < -0.3 is 19.9 Å². The number of halogens is 1. The molecular formula is C27H33ClN4O2. The van der Waals surface area contributed by atoms with Crippen molar-refractivity contribution in [3.8, 4) is 0 Å². The smallest absolute Gasteiger partial charge is 0.225 e. The van der Waals surface area contributed by atoms with Gasteiger partial charge in [-0.25, -0.2) is 0 Å². The number of ether oxygens (including phenoxy) is 1. The molecule has 0 bridgehead atoms. The number of piperazine rings is 1. The van der Waals surface area contributed by atoms with Crippen molar-refractivity contribution < 1.29 is 9.53 Å². The third kappa shape index (κ3) is 4.51. The van der Waals surface area contributed by atoms with E-state index in [1.807, 2.05) is 12.1 Å². The van der Waals surface area contributed by atoms with Crippen molar-refractivity contribution in [2.24, 2.45) is 11.8 Å². The lowest BCUT2D eigenvalue weighted by Gasteiger charge is -2.38. The van der Waals surface area contributed by atoms with Crippen LogP contribution >= 0.6 is 11.6 Å². The lowest BCUT2D eigenvalue weighted by Crippen LogP contribution is -2.51. The Labute approximate surface area is 206 Å². The normalized spacial score (nSPS) is 25.9. The number of nitrogens with one attached hydrogen (secondary N) is 1. The minimum atomic E-state index is 0.144. The first-order valence-corrected chi connectivity index (χ1v) is 13.1. The van der Waals surface area contributed by atoms with Gasteiger partial charge in [0.2, 0.25) is 5.91 Å². The number of hydrogen-bond donors (Lipinski definition) is 1. The average Bonchev–Trinajstić information content (AvgIpc) is 3.68. The molecule has 6 rings (SSSR count). The Hall–Kier alpha value is -2.28. The predicted molar refractivity (Wildman–Crippen MR) is 134 cm³/mol. The second-order valence-corrected chi connectivity index (χ2v) is 10.5. The molecule has 0 radical (unpaired) electrons. The van der Waals surface area contributed by atoms with Gasteiger partial charge in [-0.05, 0) is 60.9 Å². The molecule has 1 aromatic rings. The van der Waals surface area contributed by atoms with Crippen molar-refractivity contribution >= 4 is 23.2 Å². The summed E-state index contributed by atoms with van der Waals surface area (Å²) in [5.74, 6) is 1.19. The molecular weight excluding hydrogens is 448 g/mol. The van der Waals surface area contributed by atoms with Crippen LogP contribution in [0.5, 0.6) is 0 Å². The van der Waals surface area contributed by atoms with Crippen molar-refractivity contribution in [2.45, 2.75) is 31.8 Å². The van der Waals surface area contributed by atoms with Crippen molar-refractivity contribution in [3.63, 3.8) is 0 Å². The molecule has 4 heterocycles. The van der Waals surface area contributed by atoms with Gasteiger partial charge in [-0.1, -0.05) is 29.8 Å². The van der Waals surface area contributed by atoms with Crippen LogP contribution in [0.25, 0.3) is 5.70 Å². The lowest BCUT2D eigenvalue weighted by atomic mass is 9.98. The van der Waals surface area contributed by atoms with E-state index in [-0.39, 0.29) is 12.1 Å². The van der Waals surface area contributed by atoms with Crippen molar-refractivity contribution in [3.05, 3.63) is 64.5 Å². The second-order valence-electron chi connectivity index (χ2n) is 10.1. The van der Waals surface area contributed by atoms with E-state index in [9.17, 15) is 4.79 Å². The van der Waals surface area contributed by atoms with Crippen LogP contribution in [-0.2, 0) is 9.53 Å². The Morgan fingerprint density at radius 2 is 1.76 bits per heavy atom. The highest BCUT2D eigenvalue weighted by Crippen LogP contribution is 2.41. The first-order valence-electron chi connectivity index (χ1n) is 12.7. The molecule has 1 unspecified atom stereocenters. The van der Waals surface area contributed by atoms with Gasteiger partial charge in [0.15, 0.2) is 0 Å². The number of amides is 1. The number of carbonyl (C=O) groups is 1. The summed E-state index contributed by atoms with van der Waals surface area (Å²) in [5.41, 5.74) is 5.09. The van der Waals surface area contributed by atoms with Crippen LogP contribution in [0.2, 0.25) is 5.02 Å². The van der Waals surface area contributed by atoms with E-state index in [0.29, 0.717) is 19.1 Å². The van der Waals surface area contributed by atoms with E-state index in [1.165, 1.54) is 29.8 Å². The average molecular weight is 481 g/mol. The molecule has 1 N–H and O–H groups in total. The highest BCUT2D eigenvalue weighted by molar-refractivity contribution is 6.30. The maximum absolute atomic E-state index is 13.0.